The summed E-state index contributed by atoms with van der Waals surface area (Å²) in [4.78, 5) is 0. The minimum absolute atomic E-state index is 0.579. The molecule has 0 bridgehead atoms. The first kappa shape index (κ1) is 17.3. The van der Waals surface area contributed by atoms with E-state index in [1.54, 1.807) is 13.2 Å². The number of benzene rings is 2. The van der Waals surface area contributed by atoms with Gasteiger partial charge in [0.25, 0.3) is 0 Å². The standard InChI is InChI=1S/C20H19Cl2N3O/c1-26-15-8-5-13(6-9-15)19-16-4-2-3-11-23-20(16)25(24-19)18-10-7-14(21)12-17(18)22/h5-10,12,23H,2-4,11H2,1H3. The normalized spacial score (nSPS) is 13.7. The van der Waals surface area contributed by atoms with Crippen molar-refractivity contribution in [2.75, 3.05) is 19.0 Å². The maximum absolute atomic E-state index is 6.45. The van der Waals surface area contributed by atoms with E-state index in [9.17, 15) is 0 Å². The second kappa shape index (κ2) is 7.22. The second-order valence-electron chi connectivity index (χ2n) is 6.30. The van der Waals surface area contributed by atoms with E-state index >= 15 is 0 Å². The molecule has 0 unspecified atom stereocenters. The van der Waals surface area contributed by atoms with Crippen molar-refractivity contribution in [3.05, 3.63) is 58.1 Å². The number of aromatic nitrogens is 2. The highest BCUT2D eigenvalue weighted by Gasteiger charge is 2.22. The lowest BCUT2D eigenvalue weighted by Crippen LogP contribution is -2.07. The van der Waals surface area contributed by atoms with Gasteiger partial charge in [0.2, 0.25) is 0 Å². The lowest BCUT2D eigenvalue weighted by atomic mass is 10.0. The average molecular weight is 388 g/mol. The number of rotatable bonds is 3. The van der Waals surface area contributed by atoms with Crippen LogP contribution in [0.2, 0.25) is 10.0 Å². The zero-order valence-corrected chi connectivity index (χ0v) is 15.9. The number of hydrogen-bond donors (Lipinski definition) is 1. The van der Waals surface area contributed by atoms with Crippen molar-refractivity contribution < 1.29 is 4.74 Å². The van der Waals surface area contributed by atoms with Crippen LogP contribution in [0.15, 0.2) is 42.5 Å². The van der Waals surface area contributed by atoms with E-state index in [1.807, 2.05) is 41.1 Å². The molecule has 4 nitrogen and oxygen atoms in total. The molecule has 0 saturated carbocycles. The van der Waals surface area contributed by atoms with Crippen LogP contribution in [0, 0.1) is 0 Å². The zero-order chi connectivity index (χ0) is 18.1. The number of nitrogens with one attached hydrogen (secondary N) is 1. The number of methoxy groups -OCH3 is 1. The van der Waals surface area contributed by atoms with Gasteiger partial charge in [-0.25, -0.2) is 4.68 Å². The molecule has 3 aromatic rings. The first-order valence-corrected chi connectivity index (χ1v) is 9.38. The molecule has 0 atom stereocenters. The molecular formula is C20H19Cl2N3O. The highest BCUT2D eigenvalue weighted by molar-refractivity contribution is 6.35. The first-order chi connectivity index (χ1) is 12.7. The van der Waals surface area contributed by atoms with Crippen LogP contribution in [-0.2, 0) is 6.42 Å². The minimum atomic E-state index is 0.579. The van der Waals surface area contributed by atoms with Gasteiger partial charge in [-0.15, -0.1) is 0 Å². The Morgan fingerprint density at radius 1 is 1.08 bits per heavy atom. The molecular weight excluding hydrogens is 369 g/mol. The van der Waals surface area contributed by atoms with E-state index in [1.165, 1.54) is 5.56 Å². The van der Waals surface area contributed by atoms with Gasteiger partial charge in [-0.1, -0.05) is 23.2 Å². The molecule has 6 heteroatoms. The fourth-order valence-electron chi connectivity index (χ4n) is 3.31. The summed E-state index contributed by atoms with van der Waals surface area (Å²) < 4.78 is 7.17. The molecule has 1 aliphatic rings. The summed E-state index contributed by atoms with van der Waals surface area (Å²) in [5, 5.41) is 9.63. The lowest BCUT2D eigenvalue weighted by molar-refractivity contribution is 0.415. The van der Waals surface area contributed by atoms with Crippen molar-refractivity contribution in [3.8, 4) is 22.7 Å². The SMILES string of the molecule is COc1ccc(-c2nn(-c3ccc(Cl)cc3Cl)c3c2CCCCN3)cc1. The topological polar surface area (TPSA) is 39.1 Å². The van der Waals surface area contributed by atoms with E-state index < -0.39 is 0 Å². The molecule has 0 saturated heterocycles. The maximum Gasteiger partial charge on any atom is 0.133 e. The largest absolute Gasteiger partial charge is 0.497 e. The van der Waals surface area contributed by atoms with Gasteiger partial charge in [-0.2, -0.15) is 5.10 Å². The summed E-state index contributed by atoms with van der Waals surface area (Å²) >= 11 is 12.5. The number of hydrogen-bond acceptors (Lipinski definition) is 3. The van der Waals surface area contributed by atoms with E-state index in [-0.39, 0.29) is 0 Å². The van der Waals surface area contributed by atoms with Crippen molar-refractivity contribution >= 4 is 29.0 Å². The van der Waals surface area contributed by atoms with Gasteiger partial charge in [0, 0.05) is 22.7 Å². The van der Waals surface area contributed by atoms with Crippen LogP contribution in [-0.4, -0.2) is 23.4 Å². The van der Waals surface area contributed by atoms with Crippen LogP contribution < -0.4 is 10.1 Å². The Balaban J connectivity index is 1.88. The molecule has 0 radical (unpaired) electrons. The minimum Gasteiger partial charge on any atom is -0.497 e. The molecule has 2 aromatic carbocycles. The molecule has 0 aliphatic carbocycles. The fraction of sp³-hybridized carbons (Fsp3) is 0.250. The van der Waals surface area contributed by atoms with Crippen molar-refractivity contribution in [2.24, 2.45) is 0 Å². The number of anilines is 1. The van der Waals surface area contributed by atoms with Crippen LogP contribution in [0.4, 0.5) is 5.82 Å². The Morgan fingerprint density at radius 3 is 2.62 bits per heavy atom. The van der Waals surface area contributed by atoms with Crippen molar-refractivity contribution in [1.82, 2.24) is 9.78 Å². The molecule has 134 valence electrons. The van der Waals surface area contributed by atoms with Gasteiger partial charge < -0.3 is 10.1 Å². The number of nitrogens with zero attached hydrogens (tertiary/aromatic N) is 2. The smallest absolute Gasteiger partial charge is 0.133 e. The van der Waals surface area contributed by atoms with Crippen LogP contribution in [0.5, 0.6) is 5.75 Å². The average Bonchev–Trinajstić information content (AvgIpc) is 2.83. The van der Waals surface area contributed by atoms with E-state index in [2.05, 4.69) is 5.32 Å². The molecule has 0 spiro atoms. The van der Waals surface area contributed by atoms with Gasteiger partial charge in [-0.05, 0) is 61.7 Å². The Morgan fingerprint density at radius 2 is 1.88 bits per heavy atom. The third-order valence-corrected chi connectivity index (χ3v) is 5.17. The molecule has 0 amide bonds. The predicted octanol–water partition coefficient (Wildman–Crippen LogP) is 5.60. The third kappa shape index (κ3) is 3.15. The van der Waals surface area contributed by atoms with Crippen molar-refractivity contribution in [2.45, 2.75) is 19.3 Å². The van der Waals surface area contributed by atoms with Gasteiger partial charge >= 0.3 is 0 Å². The summed E-state index contributed by atoms with van der Waals surface area (Å²) in [6.45, 7) is 0.923. The summed E-state index contributed by atoms with van der Waals surface area (Å²) in [6, 6.07) is 13.5. The number of halogens is 2. The zero-order valence-electron chi connectivity index (χ0n) is 14.4. The molecule has 2 heterocycles. The quantitative estimate of drug-likeness (QED) is 0.635. The summed E-state index contributed by atoms with van der Waals surface area (Å²) in [7, 11) is 1.67. The first-order valence-electron chi connectivity index (χ1n) is 8.63. The predicted molar refractivity (Wildman–Crippen MR) is 107 cm³/mol. The maximum atomic E-state index is 6.45. The highest BCUT2D eigenvalue weighted by atomic mass is 35.5. The Bertz CT molecular complexity index is 935. The van der Waals surface area contributed by atoms with Crippen LogP contribution >= 0.6 is 23.2 Å². The third-order valence-electron chi connectivity index (χ3n) is 4.63. The van der Waals surface area contributed by atoms with Gasteiger partial charge in [-0.3, -0.25) is 0 Å². The summed E-state index contributed by atoms with van der Waals surface area (Å²) in [5.41, 5.74) is 4.08. The molecule has 0 fully saturated rings. The molecule has 26 heavy (non-hydrogen) atoms. The second-order valence-corrected chi connectivity index (χ2v) is 7.14. The van der Waals surface area contributed by atoms with Crippen LogP contribution in [0.1, 0.15) is 18.4 Å². The molecule has 4 rings (SSSR count). The van der Waals surface area contributed by atoms with Crippen molar-refractivity contribution in [3.63, 3.8) is 0 Å². The molecule has 1 aromatic heterocycles. The van der Waals surface area contributed by atoms with Gasteiger partial charge in [0.15, 0.2) is 0 Å². The molecule has 1 aliphatic heterocycles. The Kier molecular flexibility index (Phi) is 4.79. The highest BCUT2D eigenvalue weighted by Crippen LogP contribution is 2.36. The lowest BCUT2D eigenvalue weighted by Gasteiger charge is -2.10. The monoisotopic (exact) mass is 387 g/mol. The van der Waals surface area contributed by atoms with E-state index in [0.29, 0.717) is 10.0 Å². The Labute approximate surface area is 162 Å². The molecule has 1 N–H and O–H groups in total. The fourth-order valence-corrected chi connectivity index (χ4v) is 3.80. The van der Waals surface area contributed by atoms with Crippen LogP contribution in [0.3, 0.4) is 0 Å². The van der Waals surface area contributed by atoms with Gasteiger partial charge in [0.05, 0.1) is 23.5 Å². The number of fused-ring (bicyclic) bond motifs is 1. The van der Waals surface area contributed by atoms with E-state index in [4.69, 9.17) is 33.0 Å². The van der Waals surface area contributed by atoms with Crippen molar-refractivity contribution in [1.29, 1.82) is 0 Å². The van der Waals surface area contributed by atoms with E-state index in [0.717, 1.165) is 54.3 Å². The van der Waals surface area contributed by atoms with Gasteiger partial charge in [0.1, 0.15) is 11.6 Å². The van der Waals surface area contributed by atoms with Crippen LogP contribution in [0.25, 0.3) is 16.9 Å². The number of ether oxygens (including phenoxy) is 1. The summed E-state index contributed by atoms with van der Waals surface area (Å²) in [5.74, 6) is 1.84. The Hall–Kier alpha value is -2.17. The summed E-state index contributed by atoms with van der Waals surface area (Å²) in [6.07, 6.45) is 3.24.